The van der Waals surface area contributed by atoms with Gasteiger partial charge in [-0.1, -0.05) is 0 Å². The van der Waals surface area contributed by atoms with Gasteiger partial charge in [-0.15, -0.1) is 0 Å². The Kier molecular flexibility index (Phi) is 4.03. The molecule has 0 aliphatic heterocycles. The fourth-order valence-corrected chi connectivity index (χ4v) is 1.62. The minimum atomic E-state index is -4.82. The molecule has 0 aliphatic rings. The van der Waals surface area contributed by atoms with Crippen LogP contribution >= 0.6 is 15.9 Å². The summed E-state index contributed by atoms with van der Waals surface area (Å²) in [7, 11) is 0. The summed E-state index contributed by atoms with van der Waals surface area (Å²) in [5.41, 5.74) is -2.60. The summed E-state index contributed by atoms with van der Waals surface area (Å²) in [6.45, 7) is 0. The average molecular weight is 315 g/mol. The Hall–Kier alpha value is -1.23. The molecule has 0 radical (unpaired) electrons. The van der Waals surface area contributed by atoms with E-state index in [1.165, 1.54) is 0 Å². The third-order valence-electron chi connectivity index (χ3n) is 1.83. The van der Waals surface area contributed by atoms with Gasteiger partial charge in [-0.05, 0) is 27.6 Å². The molecular weight excluding hydrogens is 311 g/mol. The standard InChI is InChI=1S/C9H4BrF5N2/c10-6-4(1-2-16)3-5(9(13,14)15)17-7(6)8(11)12/h3,8H,1H2. The molecule has 0 aliphatic carbocycles. The second-order valence-electron chi connectivity index (χ2n) is 3.00. The lowest BCUT2D eigenvalue weighted by Gasteiger charge is -2.12. The van der Waals surface area contributed by atoms with Gasteiger partial charge in [-0.25, -0.2) is 13.8 Å². The van der Waals surface area contributed by atoms with Crippen LogP contribution in [-0.4, -0.2) is 4.98 Å². The second-order valence-corrected chi connectivity index (χ2v) is 3.79. The van der Waals surface area contributed by atoms with E-state index >= 15 is 0 Å². The zero-order valence-electron chi connectivity index (χ0n) is 8.02. The summed E-state index contributed by atoms with van der Waals surface area (Å²) in [6.07, 6.45) is -8.38. The smallest absolute Gasteiger partial charge is 0.241 e. The van der Waals surface area contributed by atoms with Gasteiger partial charge in [0.25, 0.3) is 6.43 Å². The first kappa shape index (κ1) is 13.8. The number of rotatable bonds is 2. The summed E-state index contributed by atoms with van der Waals surface area (Å²) in [6, 6.07) is 2.18. The van der Waals surface area contributed by atoms with Gasteiger partial charge in [0.05, 0.1) is 12.5 Å². The maximum Gasteiger partial charge on any atom is 0.433 e. The Balaban J connectivity index is 3.43. The molecule has 0 bridgehead atoms. The topological polar surface area (TPSA) is 36.7 Å². The number of pyridine rings is 1. The van der Waals surface area contributed by atoms with E-state index in [-0.39, 0.29) is 10.0 Å². The van der Waals surface area contributed by atoms with Crippen molar-refractivity contribution in [1.29, 1.82) is 5.26 Å². The van der Waals surface area contributed by atoms with Crippen LogP contribution in [0.5, 0.6) is 0 Å². The third-order valence-corrected chi connectivity index (χ3v) is 2.74. The highest BCUT2D eigenvalue weighted by atomic mass is 79.9. The Bertz CT molecular complexity index is 464. The molecule has 8 heteroatoms. The van der Waals surface area contributed by atoms with Crippen LogP contribution < -0.4 is 0 Å². The van der Waals surface area contributed by atoms with E-state index in [4.69, 9.17) is 5.26 Å². The minimum Gasteiger partial charge on any atom is -0.241 e. The third kappa shape index (κ3) is 3.12. The Morgan fingerprint density at radius 3 is 2.41 bits per heavy atom. The normalized spacial score (nSPS) is 11.6. The Morgan fingerprint density at radius 1 is 1.41 bits per heavy atom. The maximum atomic E-state index is 12.5. The predicted octanol–water partition coefficient (Wildman–Crippen LogP) is 3.87. The number of nitrogens with zero attached hydrogens (tertiary/aromatic N) is 2. The van der Waals surface area contributed by atoms with Crippen molar-refractivity contribution in [3.8, 4) is 6.07 Å². The van der Waals surface area contributed by atoms with Gasteiger partial charge < -0.3 is 0 Å². The molecule has 0 fully saturated rings. The van der Waals surface area contributed by atoms with Crippen LogP contribution in [0, 0.1) is 11.3 Å². The number of hydrogen-bond donors (Lipinski definition) is 0. The molecule has 0 unspecified atom stereocenters. The lowest BCUT2D eigenvalue weighted by molar-refractivity contribution is -0.141. The fourth-order valence-electron chi connectivity index (χ4n) is 1.11. The first-order valence-corrected chi connectivity index (χ1v) is 4.98. The molecule has 17 heavy (non-hydrogen) atoms. The van der Waals surface area contributed by atoms with Crippen LogP contribution in [0.3, 0.4) is 0 Å². The van der Waals surface area contributed by atoms with Crippen LogP contribution in [0.4, 0.5) is 22.0 Å². The van der Waals surface area contributed by atoms with Crippen molar-refractivity contribution in [3.63, 3.8) is 0 Å². The van der Waals surface area contributed by atoms with E-state index in [9.17, 15) is 22.0 Å². The van der Waals surface area contributed by atoms with Crippen LogP contribution in [0.15, 0.2) is 10.5 Å². The zero-order chi connectivity index (χ0) is 13.2. The van der Waals surface area contributed by atoms with E-state index in [0.29, 0.717) is 6.07 Å². The van der Waals surface area contributed by atoms with E-state index in [2.05, 4.69) is 20.9 Å². The lowest BCUT2D eigenvalue weighted by atomic mass is 10.1. The molecule has 1 rings (SSSR count). The number of halogens is 6. The monoisotopic (exact) mass is 314 g/mol. The first-order valence-electron chi connectivity index (χ1n) is 4.19. The second kappa shape index (κ2) is 4.96. The summed E-state index contributed by atoms with van der Waals surface area (Å²) in [5.74, 6) is 0. The molecule has 2 nitrogen and oxygen atoms in total. The summed E-state index contributed by atoms with van der Waals surface area (Å²) >= 11 is 2.72. The van der Waals surface area contributed by atoms with E-state index < -0.39 is 30.4 Å². The molecule has 0 saturated heterocycles. The molecule has 1 heterocycles. The van der Waals surface area contributed by atoms with Crippen LogP contribution in [-0.2, 0) is 12.6 Å². The molecule has 0 atom stereocenters. The number of nitriles is 1. The van der Waals surface area contributed by atoms with Gasteiger partial charge in [0.15, 0.2) is 0 Å². The zero-order valence-corrected chi connectivity index (χ0v) is 9.61. The molecule has 0 amide bonds. The van der Waals surface area contributed by atoms with Gasteiger partial charge in [0.1, 0.15) is 11.4 Å². The maximum absolute atomic E-state index is 12.5. The number of alkyl halides is 5. The number of hydrogen-bond acceptors (Lipinski definition) is 2. The molecule has 0 saturated carbocycles. The molecule has 0 N–H and O–H groups in total. The van der Waals surface area contributed by atoms with Crippen molar-refractivity contribution in [1.82, 2.24) is 4.98 Å². The lowest BCUT2D eigenvalue weighted by Crippen LogP contribution is -2.11. The summed E-state index contributed by atoms with van der Waals surface area (Å²) in [5, 5.41) is 8.41. The summed E-state index contributed by atoms with van der Waals surface area (Å²) < 4.78 is 61.8. The van der Waals surface area contributed by atoms with Gasteiger partial charge in [0.2, 0.25) is 0 Å². The quantitative estimate of drug-likeness (QED) is 0.777. The summed E-state index contributed by atoms with van der Waals surface area (Å²) in [4.78, 5) is 2.85. The predicted molar refractivity (Wildman–Crippen MR) is 51.2 cm³/mol. The largest absolute Gasteiger partial charge is 0.433 e. The number of aromatic nitrogens is 1. The van der Waals surface area contributed by atoms with Gasteiger partial charge in [0, 0.05) is 4.47 Å². The van der Waals surface area contributed by atoms with Crippen molar-refractivity contribution in [2.75, 3.05) is 0 Å². The Morgan fingerprint density at radius 2 is 2.00 bits per heavy atom. The van der Waals surface area contributed by atoms with Crippen LogP contribution in [0.1, 0.15) is 23.4 Å². The average Bonchev–Trinajstić information content (AvgIpc) is 2.19. The highest BCUT2D eigenvalue weighted by molar-refractivity contribution is 9.10. The van der Waals surface area contributed by atoms with E-state index in [1.54, 1.807) is 6.07 Å². The van der Waals surface area contributed by atoms with Crippen molar-refractivity contribution in [2.45, 2.75) is 19.0 Å². The van der Waals surface area contributed by atoms with Crippen molar-refractivity contribution in [2.24, 2.45) is 0 Å². The molecule has 0 aromatic carbocycles. The fraction of sp³-hybridized carbons (Fsp3) is 0.333. The first-order chi connectivity index (χ1) is 7.77. The van der Waals surface area contributed by atoms with Crippen LogP contribution in [0.2, 0.25) is 0 Å². The molecule has 0 spiro atoms. The molecule has 1 aromatic heterocycles. The van der Waals surface area contributed by atoms with E-state index in [0.717, 1.165) is 0 Å². The van der Waals surface area contributed by atoms with Crippen molar-refractivity contribution >= 4 is 15.9 Å². The van der Waals surface area contributed by atoms with Crippen molar-refractivity contribution in [3.05, 3.63) is 27.5 Å². The molecular formula is C9H4BrF5N2. The van der Waals surface area contributed by atoms with Gasteiger partial charge >= 0.3 is 6.18 Å². The highest BCUT2D eigenvalue weighted by Gasteiger charge is 2.35. The van der Waals surface area contributed by atoms with Crippen LogP contribution in [0.25, 0.3) is 0 Å². The van der Waals surface area contributed by atoms with Gasteiger partial charge in [-0.3, -0.25) is 0 Å². The molecule has 92 valence electrons. The van der Waals surface area contributed by atoms with Crippen molar-refractivity contribution < 1.29 is 22.0 Å². The van der Waals surface area contributed by atoms with E-state index in [1.807, 2.05) is 0 Å². The molecule has 1 aromatic rings. The minimum absolute atomic E-state index is 0.162. The SMILES string of the molecule is N#CCc1cc(C(F)(F)F)nc(C(F)F)c1Br. The Labute approximate surface area is 101 Å². The highest BCUT2D eigenvalue weighted by Crippen LogP contribution is 2.35. The van der Waals surface area contributed by atoms with Gasteiger partial charge in [-0.2, -0.15) is 18.4 Å².